The molecule has 3 N–H and O–H groups in total. The number of hydrazine groups is 1. The summed E-state index contributed by atoms with van der Waals surface area (Å²) >= 11 is 0. The molecule has 1 atom stereocenters. The highest BCUT2D eigenvalue weighted by Gasteiger charge is 2.19. The molecule has 0 spiro atoms. The van der Waals surface area contributed by atoms with Gasteiger partial charge in [0.05, 0.1) is 6.54 Å². The zero-order chi connectivity index (χ0) is 13.0. The number of nitrogens with zero attached hydrogens (tertiary/aromatic N) is 1. The van der Waals surface area contributed by atoms with Crippen LogP contribution in [0.2, 0.25) is 0 Å². The summed E-state index contributed by atoms with van der Waals surface area (Å²) in [6.07, 6.45) is 3.80. The number of rotatable bonds is 4. The van der Waals surface area contributed by atoms with E-state index in [-0.39, 0.29) is 11.7 Å². The molecule has 5 heteroatoms. The third-order valence-corrected chi connectivity index (χ3v) is 3.58. The van der Waals surface area contributed by atoms with Crippen LogP contribution >= 0.6 is 0 Å². The molecule has 1 aromatic heterocycles. The summed E-state index contributed by atoms with van der Waals surface area (Å²) in [4.78, 5) is 13.7. The highest BCUT2D eigenvalue weighted by atomic mass is 16.4. The zero-order valence-electron chi connectivity index (χ0n) is 10.8. The van der Waals surface area contributed by atoms with Crippen molar-refractivity contribution in [2.45, 2.75) is 32.7 Å². The molecule has 2 rings (SSSR count). The molecule has 18 heavy (non-hydrogen) atoms. The molecular weight excluding hydrogens is 230 g/mol. The first-order valence-corrected chi connectivity index (χ1v) is 6.55. The highest BCUT2D eigenvalue weighted by molar-refractivity contribution is 5.90. The van der Waals surface area contributed by atoms with Crippen molar-refractivity contribution >= 4 is 5.91 Å². The SMILES string of the molecule is CCC1CCCN(Cc2ccc(C(=O)NN)o2)C1. The largest absolute Gasteiger partial charge is 0.455 e. The van der Waals surface area contributed by atoms with Gasteiger partial charge in [-0.3, -0.25) is 15.1 Å². The lowest BCUT2D eigenvalue weighted by atomic mass is 9.96. The number of hydrogen-bond acceptors (Lipinski definition) is 4. The van der Waals surface area contributed by atoms with Crippen molar-refractivity contribution in [3.8, 4) is 0 Å². The Balaban J connectivity index is 1.92. The fourth-order valence-corrected chi connectivity index (χ4v) is 2.50. The average Bonchev–Trinajstić information content (AvgIpc) is 2.86. The van der Waals surface area contributed by atoms with E-state index in [9.17, 15) is 4.79 Å². The minimum atomic E-state index is -0.383. The lowest BCUT2D eigenvalue weighted by Crippen LogP contribution is -2.34. The number of piperidine rings is 1. The Bertz CT molecular complexity index is 403. The predicted octanol–water partition coefficient (Wildman–Crippen LogP) is 1.51. The summed E-state index contributed by atoms with van der Waals surface area (Å²) in [6.45, 7) is 5.24. The van der Waals surface area contributed by atoms with Crippen LogP contribution < -0.4 is 11.3 Å². The second kappa shape index (κ2) is 6.02. The Kier molecular flexibility index (Phi) is 4.38. The summed E-state index contributed by atoms with van der Waals surface area (Å²) in [6, 6.07) is 3.51. The van der Waals surface area contributed by atoms with Crippen LogP contribution in [0.1, 0.15) is 42.5 Å². The van der Waals surface area contributed by atoms with Crippen LogP contribution in [0, 0.1) is 5.92 Å². The first-order chi connectivity index (χ1) is 8.72. The van der Waals surface area contributed by atoms with E-state index >= 15 is 0 Å². The number of nitrogens with one attached hydrogen (secondary N) is 1. The normalized spacial score (nSPS) is 20.9. The molecule has 1 fully saturated rings. The summed E-state index contributed by atoms with van der Waals surface area (Å²) in [5.74, 6) is 6.57. The van der Waals surface area contributed by atoms with Gasteiger partial charge in [-0.05, 0) is 37.4 Å². The minimum absolute atomic E-state index is 0.275. The lowest BCUT2D eigenvalue weighted by Gasteiger charge is -2.31. The molecule has 1 aliphatic heterocycles. The van der Waals surface area contributed by atoms with Crippen molar-refractivity contribution in [3.05, 3.63) is 23.7 Å². The molecule has 1 saturated heterocycles. The van der Waals surface area contributed by atoms with E-state index in [0.717, 1.165) is 31.3 Å². The van der Waals surface area contributed by atoms with Gasteiger partial charge in [0.1, 0.15) is 5.76 Å². The van der Waals surface area contributed by atoms with Crippen molar-refractivity contribution in [1.82, 2.24) is 10.3 Å². The molecule has 1 aliphatic rings. The van der Waals surface area contributed by atoms with Crippen LogP contribution in [-0.4, -0.2) is 23.9 Å². The average molecular weight is 251 g/mol. The maximum absolute atomic E-state index is 11.3. The third-order valence-electron chi connectivity index (χ3n) is 3.58. The van der Waals surface area contributed by atoms with Crippen molar-refractivity contribution in [1.29, 1.82) is 0 Å². The standard InChI is InChI=1S/C13H21N3O2/c1-2-10-4-3-7-16(8-10)9-11-5-6-12(18-11)13(17)15-14/h5-6,10H,2-4,7-9,14H2,1H3,(H,15,17). The summed E-state index contributed by atoms with van der Waals surface area (Å²) in [5, 5.41) is 0. The van der Waals surface area contributed by atoms with Crippen molar-refractivity contribution in [3.63, 3.8) is 0 Å². The molecule has 100 valence electrons. The second-order valence-electron chi connectivity index (χ2n) is 4.89. The van der Waals surface area contributed by atoms with Crippen LogP contribution in [-0.2, 0) is 6.54 Å². The van der Waals surface area contributed by atoms with Gasteiger partial charge in [0.2, 0.25) is 0 Å². The molecule has 0 saturated carbocycles. The Labute approximate surface area is 107 Å². The molecule has 0 bridgehead atoms. The number of nitrogen functional groups attached to an aromatic ring is 1. The number of carbonyl (C=O) groups excluding carboxylic acids is 1. The van der Waals surface area contributed by atoms with E-state index in [1.807, 2.05) is 6.07 Å². The Morgan fingerprint density at radius 1 is 1.61 bits per heavy atom. The number of likely N-dealkylation sites (tertiary alicyclic amines) is 1. The van der Waals surface area contributed by atoms with Crippen LogP contribution in [0.15, 0.2) is 16.5 Å². The molecular formula is C13H21N3O2. The lowest BCUT2D eigenvalue weighted by molar-refractivity contribution is 0.0919. The zero-order valence-corrected chi connectivity index (χ0v) is 10.8. The van der Waals surface area contributed by atoms with E-state index in [0.29, 0.717) is 0 Å². The van der Waals surface area contributed by atoms with Gasteiger partial charge < -0.3 is 4.42 Å². The van der Waals surface area contributed by atoms with Gasteiger partial charge in [0.25, 0.3) is 0 Å². The van der Waals surface area contributed by atoms with Crippen molar-refractivity contribution in [2.24, 2.45) is 11.8 Å². The van der Waals surface area contributed by atoms with E-state index < -0.39 is 0 Å². The van der Waals surface area contributed by atoms with E-state index in [4.69, 9.17) is 10.3 Å². The van der Waals surface area contributed by atoms with Gasteiger partial charge in [-0.2, -0.15) is 0 Å². The first-order valence-electron chi connectivity index (χ1n) is 6.55. The maximum Gasteiger partial charge on any atom is 0.300 e. The van der Waals surface area contributed by atoms with Gasteiger partial charge in [-0.1, -0.05) is 13.3 Å². The topological polar surface area (TPSA) is 71.5 Å². The Morgan fingerprint density at radius 3 is 3.17 bits per heavy atom. The van der Waals surface area contributed by atoms with Crippen molar-refractivity contribution < 1.29 is 9.21 Å². The van der Waals surface area contributed by atoms with Crippen molar-refractivity contribution in [2.75, 3.05) is 13.1 Å². The molecule has 1 unspecified atom stereocenters. The van der Waals surface area contributed by atoms with E-state index in [2.05, 4.69) is 17.2 Å². The fraction of sp³-hybridized carbons (Fsp3) is 0.615. The van der Waals surface area contributed by atoms with Gasteiger partial charge in [-0.25, -0.2) is 5.84 Å². The number of amides is 1. The smallest absolute Gasteiger partial charge is 0.300 e. The van der Waals surface area contributed by atoms with Gasteiger partial charge in [-0.15, -0.1) is 0 Å². The highest BCUT2D eigenvalue weighted by Crippen LogP contribution is 2.21. The van der Waals surface area contributed by atoms with Crippen LogP contribution in [0.25, 0.3) is 0 Å². The monoisotopic (exact) mass is 251 g/mol. The van der Waals surface area contributed by atoms with Gasteiger partial charge in [0, 0.05) is 6.54 Å². The van der Waals surface area contributed by atoms with Gasteiger partial charge >= 0.3 is 5.91 Å². The summed E-state index contributed by atoms with van der Waals surface area (Å²) in [5.41, 5.74) is 2.07. The second-order valence-corrected chi connectivity index (χ2v) is 4.89. The third kappa shape index (κ3) is 3.11. The number of carbonyl (C=O) groups is 1. The Hall–Kier alpha value is -1.33. The number of hydrogen-bond donors (Lipinski definition) is 2. The molecule has 0 aliphatic carbocycles. The molecule has 1 amide bonds. The molecule has 1 aromatic rings. The summed E-state index contributed by atoms with van der Waals surface area (Å²) in [7, 11) is 0. The van der Waals surface area contributed by atoms with Crippen LogP contribution in [0.3, 0.4) is 0 Å². The van der Waals surface area contributed by atoms with E-state index in [1.54, 1.807) is 6.07 Å². The quantitative estimate of drug-likeness (QED) is 0.483. The number of furan rings is 1. The maximum atomic E-state index is 11.3. The fourth-order valence-electron chi connectivity index (χ4n) is 2.50. The predicted molar refractivity (Wildman–Crippen MR) is 68.7 cm³/mol. The molecule has 0 radical (unpaired) electrons. The van der Waals surface area contributed by atoms with Crippen LogP contribution in [0.5, 0.6) is 0 Å². The Morgan fingerprint density at radius 2 is 2.44 bits per heavy atom. The van der Waals surface area contributed by atoms with Gasteiger partial charge in [0.15, 0.2) is 5.76 Å². The van der Waals surface area contributed by atoms with Crippen LogP contribution in [0.4, 0.5) is 0 Å². The minimum Gasteiger partial charge on any atom is -0.455 e. The molecule has 0 aromatic carbocycles. The molecule has 5 nitrogen and oxygen atoms in total. The summed E-state index contributed by atoms with van der Waals surface area (Å²) < 4.78 is 5.47. The van der Waals surface area contributed by atoms with E-state index in [1.165, 1.54) is 19.3 Å². The number of nitrogens with two attached hydrogens (primary N) is 1. The first kappa shape index (κ1) is 13.1. The molecule has 2 heterocycles.